The molecule has 0 rings (SSSR count). The van der Waals surface area contributed by atoms with Gasteiger partial charge in [0.25, 0.3) is 0 Å². The summed E-state index contributed by atoms with van der Waals surface area (Å²) in [7, 11) is 0. The smallest absolute Gasteiger partial charge is 0.336 e. The first-order valence-corrected chi connectivity index (χ1v) is 3.84. The Balaban J connectivity index is 4.38. The number of rotatable bonds is 5. The fourth-order valence-corrected chi connectivity index (χ4v) is 1.08. The maximum absolute atomic E-state index is 10.4. The number of carbonyl (C=O) groups is 2. The summed E-state index contributed by atoms with van der Waals surface area (Å²) in [4.78, 5) is 20.5. The monoisotopic (exact) mass is 194 g/mol. The largest absolute Gasteiger partial charge is 0.481 e. The Morgan fingerprint density at radius 3 is 2.08 bits per heavy atom. The van der Waals surface area contributed by atoms with Crippen LogP contribution in [-0.2, 0) is 9.59 Å². The van der Waals surface area contributed by atoms with E-state index < -0.39 is 24.0 Å². The van der Waals surface area contributed by atoms with E-state index in [0.717, 1.165) is 0 Å². The molecule has 0 aliphatic rings. The summed E-state index contributed by atoms with van der Waals surface area (Å²) in [6.07, 6.45) is -0.985. The Hall–Kier alpha value is -0.750. The van der Waals surface area contributed by atoms with Gasteiger partial charge in [0, 0.05) is 0 Å². The molecule has 0 aliphatic carbocycles. The Kier molecular flexibility index (Phi) is 4.05. The second kappa shape index (κ2) is 4.32. The third-order valence-corrected chi connectivity index (χ3v) is 1.59. The molecule has 5 nitrogen and oxygen atoms in total. The zero-order valence-electron chi connectivity index (χ0n) is 6.23. The van der Waals surface area contributed by atoms with E-state index in [1.807, 2.05) is 0 Å². The summed E-state index contributed by atoms with van der Waals surface area (Å²) >= 11 is 3.71. The lowest BCUT2D eigenvalue weighted by Gasteiger charge is -2.19. The topological polar surface area (TPSA) is 94.8 Å². The highest BCUT2D eigenvalue weighted by atomic mass is 32.1. The summed E-state index contributed by atoms with van der Waals surface area (Å²) in [6, 6.07) is 0. The van der Waals surface area contributed by atoms with Crippen LogP contribution in [0.1, 0.15) is 12.8 Å². The molecule has 0 bridgehead atoms. The third kappa shape index (κ3) is 3.10. The van der Waals surface area contributed by atoms with E-state index in [4.69, 9.17) is 10.2 Å². The molecule has 0 amide bonds. The normalized spacial score (nSPS) is 15.2. The molecule has 6 heteroatoms. The Bertz CT molecular complexity index is 192. The minimum Gasteiger partial charge on any atom is -0.481 e. The molecular weight excluding hydrogens is 184 g/mol. The summed E-state index contributed by atoms with van der Waals surface area (Å²) < 4.78 is 0. The highest BCUT2D eigenvalue weighted by molar-refractivity contribution is 7.80. The van der Waals surface area contributed by atoms with Gasteiger partial charge in [-0.3, -0.25) is 4.79 Å². The predicted molar refractivity (Wildman–Crippen MR) is 43.3 cm³/mol. The highest BCUT2D eigenvalue weighted by Crippen LogP contribution is 2.16. The van der Waals surface area contributed by atoms with E-state index in [9.17, 15) is 14.7 Å². The van der Waals surface area contributed by atoms with Crippen molar-refractivity contribution in [2.75, 3.05) is 5.75 Å². The van der Waals surface area contributed by atoms with Crippen LogP contribution in [0.25, 0.3) is 0 Å². The van der Waals surface area contributed by atoms with E-state index in [1.54, 1.807) is 0 Å². The molecule has 3 N–H and O–H groups in total. The minimum atomic E-state index is -2.19. The van der Waals surface area contributed by atoms with Crippen molar-refractivity contribution >= 4 is 24.6 Å². The highest BCUT2D eigenvalue weighted by Gasteiger charge is 2.37. The average molecular weight is 194 g/mol. The van der Waals surface area contributed by atoms with Gasteiger partial charge in [-0.2, -0.15) is 12.6 Å². The van der Waals surface area contributed by atoms with Gasteiger partial charge in [0.05, 0.1) is 6.42 Å². The van der Waals surface area contributed by atoms with Gasteiger partial charge < -0.3 is 15.3 Å². The second-order valence-corrected chi connectivity index (χ2v) is 2.83. The van der Waals surface area contributed by atoms with E-state index >= 15 is 0 Å². The van der Waals surface area contributed by atoms with Gasteiger partial charge in [0.15, 0.2) is 5.60 Å². The molecule has 0 aromatic rings. The van der Waals surface area contributed by atoms with Crippen LogP contribution in [0.15, 0.2) is 0 Å². The molecule has 0 aromatic heterocycles. The molecule has 0 aromatic carbocycles. The van der Waals surface area contributed by atoms with E-state index in [-0.39, 0.29) is 12.2 Å². The number of thiol groups is 1. The van der Waals surface area contributed by atoms with E-state index in [0.29, 0.717) is 0 Å². The van der Waals surface area contributed by atoms with Crippen LogP contribution < -0.4 is 0 Å². The molecule has 0 fully saturated rings. The van der Waals surface area contributed by atoms with E-state index in [2.05, 4.69) is 12.6 Å². The maximum Gasteiger partial charge on any atom is 0.336 e. The van der Waals surface area contributed by atoms with Crippen LogP contribution in [0.4, 0.5) is 0 Å². The Morgan fingerprint density at radius 2 is 1.83 bits per heavy atom. The van der Waals surface area contributed by atoms with Crippen molar-refractivity contribution < 1.29 is 24.9 Å². The molecule has 0 radical (unpaired) electrons. The van der Waals surface area contributed by atoms with Crippen molar-refractivity contribution in [3.05, 3.63) is 0 Å². The molecule has 0 heterocycles. The quantitative estimate of drug-likeness (QED) is 0.446. The molecule has 12 heavy (non-hydrogen) atoms. The first-order valence-electron chi connectivity index (χ1n) is 3.21. The summed E-state index contributed by atoms with van der Waals surface area (Å²) in [5.41, 5.74) is -2.19. The lowest BCUT2D eigenvalue weighted by atomic mass is 9.97. The van der Waals surface area contributed by atoms with Gasteiger partial charge >= 0.3 is 11.9 Å². The molecule has 0 aliphatic heterocycles. The molecule has 0 spiro atoms. The second-order valence-electron chi connectivity index (χ2n) is 2.38. The molecular formula is C6H10O5S. The molecule has 1 atom stereocenters. The first kappa shape index (κ1) is 11.2. The SMILES string of the molecule is O=C(O)CC(O)(CCS)C(=O)O. The third-order valence-electron chi connectivity index (χ3n) is 1.37. The van der Waals surface area contributed by atoms with Crippen molar-refractivity contribution in [1.82, 2.24) is 0 Å². The van der Waals surface area contributed by atoms with Gasteiger partial charge in [-0.05, 0) is 12.2 Å². The van der Waals surface area contributed by atoms with Gasteiger partial charge in [-0.25, -0.2) is 4.79 Å². The van der Waals surface area contributed by atoms with Crippen molar-refractivity contribution in [3.8, 4) is 0 Å². The van der Waals surface area contributed by atoms with Gasteiger partial charge in [0.2, 0.25) is 0 Å². The van der Waals surface area contributed by atoms with Crippen LogP contribution >= 0.6 is 12.6 Å². The fourth-order valence-electron chi connectivity index (χ4n) is 0.706. The minimum absolute atomic E-state index is 0.121. The lowest BCUT2D eigenvalue weighted by molar-refractivity contribution is -0.165. The van der Waals surface area contributed by atoms with E-state index in [1.165, 1.54) is 0 Å². The maximum atomic E-state index is 10.4. The van der Waals surface area contributed by atoms with Crippen LogP contribution in [0, 0.1) is 0 Å². The standard InChI is InChI=1S/C6H10O5S/c7-4(8)3-6(11,1-2-12)5(9)10/h11-12H,1-3H2,(H,7,8)(H,9,10). The zero-order chi connectivity index (χ0) is 9.78. The van der Waals surface area contributed by atoms with Gasteiger partial charge in [-0.15, -0.1) is 0 Å². The van der Waals surface area contributed by atoms with Crippen LogP contribution in [0.2, 0.25) is 0 Å². The van der Waals surface area contributed by atoms with Gasteiger partial charge in [0.1, 0.15) is 0 Å². The molecule has 70 valence electrons. The van der Waals surface area contributed by atoms with Crippen molar-refractivity contribution in [1.29, 1.82) is 0 Å². The number of hydrogen-bond donors (Lipinski definition) is 4. The summed E-state index contributed by atoms with van der Waals surface area (Å²) in [6.45, 7) is 0. The number of hydrogen-bond acceptors (Lipinski definition) is 4. The Labute approximate surface area is 74.4 Å². The molecule has 0 saturated heterocycles. The number of carboxylic acid groups (broad SMARTS) is 2. The average Bonchev–Trinajstić information content (AvgIpc) is 1.85. The Morgan fingerprint density at radius 1 is 1.33 bits per heavy atom. The van der Waals surface area contributed by atoms with Crippen molar-refractivity contribution in [2.24, 2.45) is 0 Å². The molecule has 0 saturated carbocycles. The first-order chi connectivity index (χ1) is 5.42. The lowest BCUT2D eigenvalue weighted by Crippen LogP contribution is -2.41. The number of aliphatic hydroxyl groups is 1. The fraction of sp³-hybridized carbons (Fsp3) is 0.667. The molecule has 1 unspecified atom stereocenters. The zero-order valence-corrected chi connectivity index (χ0v) is 7.12. The van der Waals surface area contributed by atoms with Gasteiger partial charge in [-0.1, -0.05) is 0 Å². The van der Waals surface area contributed by atoms with Crippen LogP contribution in [0.5, 0.6) is 0 Å². The number of aliphatic carboxylic acids is 2. The predicted octanol–water partition coefficient (Wildman–Crippen LogP) is -0.403. The van der Waals surface area contributed by atoms with Crippen LogP contribution in [0.3, 0.4) is 0 Å². The van der Waals surface area contributed by atoms with Crippen molar-refractivity contribution in [3.63, 3.8) is 0 Å². The summed E-state index contributed by atoms with van der Waals surface area (Å²) in [5.74, 6) is -2.75. The number of carboxylic acids is 2. The summed E-state index contributed by atoms with van der Waals surface area (Å²) in [5, 5.41) is 26.0. The van der Waals surface area contributed by atoms with Crippen molar-refractivity contribution in [2.45, 2.75) is 18.4 Å². The van der Waals surface area contributed by atoms with Crippen LogP contribution in [-0.4, -0.2) is 38.6 Å².